The highest BCUT2D eigenvalue weighted by Gasteiger charge is 2.06. The van der Waals surface area contributed by atoms with E-state index in [9.17, 15) is 4.79 Å². The Hall–Kier alpha value is -1.43. The van der Waals surface area contributed by atoms with Gasteiger partial charge in [0, 0.05) is 0 Å². The summed E-state index contributed by atoms with van der Waals surface area (Å²) in [6.45, 7) is 2.68. The van der Waals surface area contributed by atoms with Crippen molar-refractivity contribution in [1.82, 2.24) is 10.6 Å². The molecule has 0 aromatic heterocycles. The third kappa shape index (κ3) is 3.53. The number of hydrogen-bond acceptors (Lipinski definition) is 4. The lowest BCUT2D eigenvalue weighted by atomic mass is 10.5. The Bertz CT molecular complexity index is 299. The second kappa shape index (κ2) is 5.33. The first-order valence-electron chi connectivity index (χ1n) is 4.18. The van der Waals surface area contributed by atoms with E-state index < -0.39 is 6.09 Å². The van der Waals surface area contributed by atoms with Crippen LogP contribution < -0.4 is 10.6 Å². The topological polar surface area (TPSA) is 62.7 Å². The minimum absolute atomic E-state index is 0.189. The summed E-state index contributed by atoms with van der Waals surface area (Å²) in [6, 6.07) is 0. The Kier molecular flexibility index (Phi) is 4.06. The Morgan fingerprint density at radius 1 is 1.79 bits per heavy atom. The monoisotopic (exact) mass is 213 g/mol. The van der Waals surface area contributed by atoms with Crippen molar-refractivity contribution in [2.24, 2.45) is 4.99 Å². The molecule has 14 heavy (non-hydrogen) atoms. The lowest BCUT2D eigenvalue weighted by molar-refractivity contribution is 0.158. The fourth-order valence-corrected chi connectivity index (χ4v) is 1.04. The predicted molar refractivity (Wildman–Crippen MR) is 57.3 cm³/mol. The molecule has 0 bridgehead atoms. The van der Waals surface area contributed by atoms with Gasteiger partial charge in [0.25, 0.3) is 0 Å². The fraction of sp³-hybridized carbons (Fsp3) is 0.375. The number of aliphatic imine (C=N–C) groups is 1. The van der Waals surface area contributed by atoms with Gasteiger partial charge < -0.3 is 10.1 Å². The highest BCUT2D eigenvalue weighted by molar-refractivity contribution is 7.80. The lowest BCUT2D eigenvalue weighted by Gasteiger charge is -2.07. The molecule has 76 valence electrons. The standard InChI is InChI=1S/C8H11N3O2S/c1-2-13-8(12)11-7(14)10-6-4-3-5-9-6/h3-4H,2,5H2,1H3,(H2,9,10,11,12,14). The van der Waals surface area contributed by atoms with Gasteiger partial charge in [0.05, 0.1) is 13.2 Å². The largest absolute Gasteiger partial charge is 0.450 e. The predicted octanol–water partition coefficient (Wildman–Crippen LogP) is 0.575. The zero-order valence-electron chi connectivity index (χ0n) is 7.74. The molecule has 2 N–H and O–H groups in total. The molecule has 0 saturated carbocycles. The molecule has 1 aliphatic rings. The van der Waals surface area contributed by atoms with Gasteiger partial charge in [0.1, 0.15) is 5.84 Å². The van der Waals surface area contributed by atoms with Crippen LogP contribution >= 0.6 is 12.2 Å². The van der Waals surface area contributed by atoms with Crippen LogP contribution in [0.3, 0.4) is 0 Å². The van der Waals surface area contributed by atoms with E-state index in [1.54, 1.807) is 13.0 Å². The maximum atomic E-state index is 10.9. The van der Waals surface area contributed by atoms with Gasteiger partial charge in [0.15, 0.2) is 5.11 Å². The first kappa shape index (κ1) is 10.6. The molecular formula is C8H11N3O2S. The molecule has 0 aliphatic carbocycles. The van der Waals surface area contributed by atoms with Crippen LogP contribution in [0.4, 0.5) is 4.79 Å². The van der Waals surface area contributed by atoms with E-state index in [4.69, 9.17) is 12.2 Å². The van der Waals surface area contributed by atoms with Crippen LogP contribution in [0.2, 0.25) is 0 Å². The average Bonchev–Trinajstić information content (AvgIpc) is 2.56. The van der Waals surface area contributed by atoms with Crippen LogP contribution in [0, 0.1) is 0 Å². The van der Waals surface area contributed by atoms with Gasteiger partial charge in [-0.05, 0) is 25.2 Å². The van der Waals surface area contributed by atoms with Gasteiger partial charge in [-0.2, -0.15) is 0 Å². The van der Waals surface area contributed by atoms with Gasteiger partial charge in [-0.25, -0.2) is 4.79 Å². The number of rotatable bonds is 1. The molecule has 1 rings (SSSR count). The van der Waals surface area contributed by atoms with Gasteiger partial charge >= 0.3 is 6.09 Å². The second-order valence-electron chi connectivity index (χ2n) is 2.43. The number of carbonyl (C=O) groups excluding carboxylic acids is 1. The molecule has 5 nitrogen and oxygen atoms in total. The van der Waals surface area contributed by atoms with Gasteiger partial charge in [0.2, 0.25) is 0 Å². The van der Waals surface area contributed by atoms with Crippen LogP contribution in [0.15, 0.2) is 17.1 Å². The molecule has 0 unspecified atom stereocenters. The highest BCUT2D eigenvalue weighted by Crippen LogP contribution is 1.89. The summed E-state index contributed by atoms with van der Waals surface area (Å²) in [5.41, 5.74) is 0. The quantitative estimate of drug-likeness (QED) is 0.625. The molecular weight excluding hydrogens is 202 g/mol. The molecule has 0 aromatic rings. The second-order valence-corrected chi connectivity index (χ2v) is 2.84. The minimum atomic E-state index is -0.562. The number of nitrogens with one attached hydrogen (secondary N) is 2. The summed E-state index contributed by atoms with van der Waals surface area (Å²) in [6.07, 6.45) is 3.11. The third-order valence-electron chi connectivity index (χ3n) is 1.38. The number of carbonyl (C=O) groups is 1. The van der Waals surface area contributed by atoms with Crippen molar-refractivity contribution in [2.75, 3.05) is 13.2 Å². The highest BCUT2D eigenvalue weighted by atomic mass is 32.1. The average molecular weight is 213 g/mol. The maximum Gasteiger partial charge on any atom is 0.413 e. The Morgan fingerprint density at radius 2 is 2.57 bits per heavy atom. The molecule has 0 saturated heterocycles. The Labute approximate surface area is 87.2 Å². The van der Waals surface area contributed by atoms with Crippen molar-refractivity contribution >= 4 is 29.3 Å². The van der Waals surface area contributed by atoms with E-state index in [0.717, 1.165) is 0 Å². The zero-order chi connectivity index (χ0) is 10.4. The normalized spacial score (nSPS) is 13.4. The lowest BCUT2D eigenvalue weighted by Crippen LogP contribution is -2.41. The molecule has 0 aromatic carbocycles. The first-order valence-corrected chi connectivity index (χ1v) is 4.59. The van der Waals surface area contributed by atoms with Crippen LogP contribution in [0.25, 0.3) is 0 Å². The molecule has 1 heterocycles. The SMILES string of the molecule is CCOC(=O)NC(=S)NC1=NCC=C1. The summed E-state index contributed by atoms with van der Waals surface area (Å²) < 4.78 is 4.64. The van der Waals surface area contributed by atoms with Crippen molar-refractivity contribution in [2.45, 2.75) is 6.92 Å². The zero-order valence-corrected chi connectivity index (χ0v) is 8.56. The van der Waals surface area contributed by atoms with Gasteiger partial charge in [-0.1, -0.05) is 6.08 Å². The van der Waals surface area contributed by atoms with E-state index in [0.29, 0.717) is 19.0 Å². The van der Waals surface area contributed by atoms with Gasteiger partial charge in [-0.3, -0.25) is 10.3 Å². The van der Waals surface area contributed by atoms with Crippen molar-refractivity contribution < 1.29 is 9.53 Å². The number of hydrogen-bond donors (Lipinski definition) is 2. The van der Waals surface area contributed by atoms with Crippen LogP contribution in [0.5, 0.6) is 0 Å². The molecule has 0 fully saturated rings. The summed E-state index contributed by atoms with van der Waals surface area (Å²) in [4.78, 5) is 15.0. The summed E-state index contributed by atoms with van der Waals surface area (Å²) in [5.74, 6) is 0.645. The fourth-order valence-electron chi connectivity index (χ4n) is 0.857. The number of nitrogens with zero attached hydrogens (tertiary/aromatic N) is 1. The summed E-state index contributed by atoms with van der Waals surface area (Å²) >= 11 is 4.84. The van der Waals surface area contributed by atoms with Crippen molar-refractivity contribution in [3.05, 3.63) is 12.2 Å². The number of alkyl carbamates (subject to hydrolysis) is 1. The van der Waals surface area contributed by atoms with Crippen molar-refractivity contribution in [3.63, 3.8) is 0 Å². The van der Waals surface area contributed by atoms with E-state index >= 15 is 0 Å². The van der Waals surface area contributed by atoms with E-state index in [2.05, 4.69) is 20.4 Å². The third-order valence-corrected chi connectivity index (χ3v) is 1.58. The molecule has 0 atom stereocenters. The first-order chi connectivity index (χ1) is 6.72. The van der Waals surface area contributed by atoms with Crippen molar-refractivity contribution in [3.8, 4) is 0 Å². The minimum Gasteiger partial charge on any atom is -0.450 e. The van der Waals surface area contributed by atoms with Crippen LogP contribution in [-0.2, 0) is 4.74 Å². The van der Waals surface area contributed by atoms with E-state index in [-0.39, 0.29) is 5.11 Å². The Morgan fingerprint density at radius 3 is 3.14 bits per heavy atom. The smallest absolute Gasteiger partial charge is 0.413 e. The summed E-state index contributed by atoms with van der Waals surface area (Å²) in [7, 11) is 0. The number of thiocarbonyl (C=S) groups is 1. The molecule has 0 spiro atoms. The Balaban J connectivity index is 2.28. The van der Waals surface area contributed by atoms with Crippen molar-refractivity contribution in [1.29, 1.82) is 0 Å². The van der Waals surface area contributed by atoms with E-state index in [1.807, 2.05) is 6.08 Å². The molecule has 1 amide bonds. The molecule has 1 aliphatic heterocycles. The number of amides is 1. The maximum absolute atomic E-state index is 10.9. The summed E-state index contributed by atoms with van der Waals surface area (Å²) in [5, 5.41) is 5.29. The molecule has 0 radical (unpaired) electrons. The van der Waals surface area contributed by atoms with E-state index in [1.165, 1.54) is 0 Å². The number of ether oxygens (including phenoxy) is 1. The van der Waals surface area contributed by atoms with Gasteiger partial charge in [-0.15, -0.1) is 0 Å². The van der Waals surface area contributed by atoms with Crippen LogP contribution in [-0.4, -0.2) is 30.2 Å². The molecule has 6 heteroatoms. The number of amidine groups is 1. The van der Waals surface area contributed by atoms with Crippen LogP contribution in [0.1, 0.15) is 6.92 Å².